The first-order chi connectivity index (χ1) is 10.7. The van der Waals surface area contributed by atoms with Crippen molar-refractivity contribution in [3.05, 3.63) is 0 Å². The fourth-order valence-electron chi connectivity index (χ4n) is 3.89. The van der Waals surface area contributed by atoms with Crippen LogP contribution in [0.1, 0.15) is 51.4 Å². The van der Waals surface area contributed by atoms with E-state index in [1.807, 2.05) is 0 Å². The van der Waals surface area contributed by atoms with Crippen LogP contribution in [-0.4, -0.2) is 37.5 Å². The minimum atomic E-state index is 0. The van der Waals surface area contributed by atoms with Crippen molar-refractivity contribution in [1.82, 2.24) is 16.0 Å². The summed E-state index contributed by atoms with van der Waals surface area (Å²) in [6, 6.07) is 0.285. The standard InChI is InChI=1S/C17H29N3O2.ClH/c21-16(19-11-12-9-18-10-12)14-5-7-15(8-6-14)20-17(22)13-3-1-2-4-13;/h12-15,18H,1-11H2,(H,19,21)(H,20,22);1H. The SMILES string of the molecule is Cl.O=C(NCC1CNC1)C1CCC(NC(=O)C2CCCC2)CC1. The van der Waals surface area contributed by atoms with E-state index in [1.54, 1.807) is 0 Å². The fraction of sp³-hybridized carbons (Fsp3) is 0.882. The minimum Gasteiger partial charge on any atom is -0.355 e. The van der Waals surface area contributed by atoms with Crippen molar-refractivity contribution in [3.63, 3.8) is 0 Å². The topological polar surface area (TPSA) is 70.2 Å². The number of carbonyl (C=O) groups excluding carboxylic acids is 2. The maximum atomic E-state index is 12.2. The summed E-state index contributed by atoms with van der Waals surface area (Å²) in [4.78, 5) is 24.3. The Balaban J connectivity index is 0.00000192. The first-order valence-corrected chi connectivity index (χ1v) is 9.01. The average Bonchev–Trinajstić information content (AvgIpc) is 3.00. The van der Waals surface area contributed by atoms with Gasteiger partial charge in [0.05, 0.1) is 0 Å². The number of carbonyl (C=O) groups is 2. The molecule has 0 radical (unpaired) electrons. The van der Waals surface area contributed by atoms with Gasteiger partial charge in [0, 0.05) is 43.4 Å². The van der Waals surface area contributed by atoms with Crippen LogP contribution in [0.5, 0.6) is 0 Å². The number of rotatable bonds is 5. The summed E-state index contributed by atoms with van der Waals surface area (Å²) in [6.07, 6.45) is 8.21. The van der Waals surface area contributed by atoms with Crippen molar-refractivity contribution in [3.8, 4) is 0 Å². The van der Waals surface area contributed by atoms with E-state index in [-0.39, 0.29) is 42.1 Å². The zero-order valence-corrected chi connectivity index (χ0v) is 14.6. The molecule has 0 unspecified atom stereocenters. The van der Waals surface area contributed by atoms with Gasteiger partial charge >= 0.3 is 0 Å². The molecule has 5 nitrogen and oxygen atoms in total. The van der Waals surface area contributed by atoms with Crippen LogP contribution in [0.25, 0.3) is 0 Å². The van der Waals surface area contributed by atoms with Crippen molar-refractivity contribution < 1.29 is 9.59 Å². The molecule has 0 aromatic carbocycles. The predicted octanol–water partition coefficient (Wildman–Crippen LogP) is 1.61. The molecular weight excluding hydrogens is 314 g/mol. The lowest BCUT2D eigenvalue weighted by Gasteiger charge is -2.31. The predicted molar refractivity (Wildman–Crippen MR) is 92.5 cm³/mol. The molecule has 2 saturated carbocycles. The maximum Gasteiger partial charge on any atom is 0.223 e. The highest BCUT2D eigenvalue weighted by molar-refractivity contribution is 5.85. The Labute approximate surface area is 145 Å². The molecule has 3 fully saturated rings. The number of amides is 2. The third-order valence-electron chi connectivity index (χ3n) is 5.60. The van der Waals surface area contributed by atoms with Crippen molar-refractivity contribution in [2.45, 2.75) is 57.4 Å². The van der Waals surface area contributed by atoms with Crippen LogP contribution < -0.4 is 16.0 Å². The van der Waals surface area contributed by atoms with Crippen molar-refractivity contribution >= 4 is 24.2 Å². The highest BCUT2D eigenvalue weighted by atomic mass is 35.5. The molecule has 0 spiro atoms. The summed E-state index contributed by atoms with van der Waals surface area (Å²) in [6.45, 7) is 2.87. The molecule has 1 saturated heterocycles. The van der Waals surface area contributed by atoms with Crippen LogP contribution in [-0.2, 0) is 9.59 Å². The smallest absolute Gasteiger partial charge is 0.223 e. The van der Waals surface area contributed by atoms with Crippen LogP contribution in [0.3, 0.4) is 0 Å². The highest BCUT2D eigenvalue weighted by Crippen LogP contribution is 2.27. The van der Waals surface area contributed by atoms with Gasteiger partial charge in [-0.1, -0.05) is 12.8 Å². The summed E-state index contributed by atoms with van der Waals surface area (Å²) in [5, 5.41) is 9.52. The Hall–Kier alpha value is -0.810. The monoisotopic (exact) mass is 343 g/mol. The number of hydrogen-bond acceptors (Lipinski definition) is 3. The molecule has 3 aliphatic rings. The molecule has 23 heavy (non-hydrogen) atoms. The van der Waals surface area contributed by atoms with Gasteiger partial charge in [0.1, 0.15) is 0 Å². The number of hydrogen-bond donors (Lipinski definition) is 3. The van der Waals surface area contributed by atoms with Gasteiger partial charge in [-0.3, -0.25) is 9.59 Å². The quantitative estimate of drug-likeness (QED) is 0.710. The third kappa shape index (κ3) is 5.08. The molecule has 0 bridgehead atoms. The van der Waals surface area contributed by atoms with Crippen molar-refractivity contribution in [2.24, 2.45) is 17.8 Å². The maximum absolute atomic E-state index is 12.2. The second-order valence-electron chi connectivity index (χ2n) is 7.31. The van der Waals surface area contributed by atoms with E-state index in [0.717, 1.165) is 58.2 Å². The Bertz CT molecular complexity index is 401. The third-order valence-corrected chi connectivity index (χ3v) is 5.60. The van der Waals surface area contributed by atoms with Crippen LogP contribution >= 0.6 is 12.4 Å². The molecule has 0 aromatic heterocycles. The number of halogens is 1. The Morgan fingerprint density at radius 2 is 1.48 bits per heavy atom. The van der Waals surface area contributed by atoms with E-state index < -0.39 is 0 Å². The fourth-order valence-corrected chi connectivity index (χ4v) is 3.89. The molecule has 6 heteroatoms. The van der Waals surface area contributed by atoms with Gasteiger partial charge in [0.2, 0.25) is 11.8 Å². The Morgan fingerprint density at radius 3 is 2.04 bits per heavy atom. The highest BCUT2D eigenvalue weighted by Gasteiger charge is 2.30. The second-order valence-corrected chi connectivity index (χ2v) is 7.31. The molecule has 2 aliphatic carbocycles. The summed E-state index contributed by atoms with van der Waals surface area (Å²) in [5.74, 6) is 1.48. The van der Waals surface area contributed by atoms with Crippen LogP contribution in [0.2, 0.25) is 0 Å². The minimum absolute atomic E-state index is 0. The largest absolute Gasteiger partial charge is 0.355 e. The Kier molecular flexibility index (Phi) is 7.15. The first kappa shape index (κ1) is 18.5. The first-order valence-electron chi connectivity index (χ1n) is 9.01. The van der Waals surface area contributed by atoms with Crippen LogP contribution in [0.4, 0.5) is 0 Å². The zero-order valence-electron chi connectivity index (χ0n) is 13.8. The summed E-state index contributed by atoms with van der Waals surface area (Å²) in [5.41, 5.74) is 0. The van der Waals surface area contributed by atoms with E-state index in [9.17, 15) is 9.59 Å². The molecule has 3 rings (SSSR count). The second kappa shape index (κ2) is 8.88. The lowest BCUT2D eigenvalue weighted by Crippen LogP contribution is -2.49. The van der Waals surface area contributed by atoms with Crippen molar-refractivity contribution in [1.29, 1.82) is 0 Å². The molecule has 1 heterocycles. The van der Waals surface area contributed by atoms with Gasteiger partial charge in [0.15, 0.2) is 0 Å². The zero-order chi connectivity index (χ0) is 15.4. The summed E-state index contributed by atoms with van der Waals surface area (Å²) in [7, 11) is 0. The molecule has 1 aliphatic heterocycles. The van der Waals surface area contributed by atoms with Crippen molar-refractivity contribution in [2.75, 3.05) is 19.6 Å². The average molecular weight is 344 g/mol. The van der Waals surface area contributed by atoms with Crippen LogP contribution in [0, 0.1) is 17.8 Å². The van der Waals surface area contributed by atoms with Gasteiger partial charge in [0.25, 0.3) is 0 Å². The van der Waals surface area contributed by atoms with Gasteiger partial charge in [-0.05, 0) is 38.5 Å². The van der Waals surface area contributed by atoms with E-state index >= 15 is 0 Å². The number of nitrogens with one attached hydrogen (secondary N) is 3. The lowest BCUT2D eigenvalue weighted by atomic mass is 9.85. The van der Waals surface area contributed by atoms with Crippen LogP contribution in [0.15, 0.2) is 0 Å². The van der Waals surface area contributed by atoms with Gasteiger partial charge < -0.3 is 16.0 Å². The van der Waals surface area contributed by atoms with Gasteiger partial charge in [-0.25, -0.2) is 0 Å². The lowest BCUT2D eigenvalue weighted by molar-refractivity contribution is -0.127. The summed E-state index contributed by atoms with van der Waals surface area (Å²) < 4.78 is 0. The summed E-state index contributed by atoms with van der Waals surface area (Å²) >= 11 is 0. The molecule has 132 valence electrons. The molecule has 0 aromatic rings. The van der Waals surface area contributed by atoms with E-state index in [2.05, 4.69) is 16.0 Å². The Morgan fingerprint density at radius 1 is 0.870 bits per heavy atom. The molecule has 2 amide bonds. The van der Waals surface area contributed by atoms with E-state index in [0.29, 0.717) is 5.92 Å². The molecule has 3 N–H and O–H groups in total. The van der Waals surface area contributed by atoms with E-state index in [1.165, 1.54) is 12.8 Å². The van der Waals surface area contributed by atoms with Gasteiger partial charge in [-0.15, -0.1) is 12.4 Å². The normalized spacial score (nSPS) is 28.5. The molecule has 0 atom stereocenters. The van der Waals surface area contributed by atoms with E-state index in [4.69, 9.17) is 0 Å². The van der Waals surface area contributed by atoms with Gasteiger partial charge in [-0.2, -0.15) is 0 Å². The molecular formula is C17H30ClN3O2.